The first-order chi connectivity index (χ1) is 10.2. The molecule has 0 unspecified atom stereocenters. The van der Waals surface area contributed by atoms with Crippen molar-refractivity contribution >= 4 is 23.6 Å². The van der Waals surface area contributed by atoms with Gasteiger partial charge >= 0.3 is 0 Å². The van der Waals surface area contributed by atoms with Gasteiger partial charge in [-0.25, -0.2) is 0 Å². The number of hydrogen-bond acceptors (Lipinski definition) is 3. The Hall–Kier alpha value is -1.49. The fraction of sp³-hybridized carbons (Fsp3) is 0.500. The van der Waals surface area contributed by atoms with Gasteiger partial charge in [-0.3, -0.25) is 9.59 Å². The Morgan fingerprint density at radius 2 is 1.86 bits per heavy atom. The lowest BCUT2D eigenvalue weighted by atomic mass is 10.1. The minimum atomic E-state index is -0.111. The summed E-state index contributed by atoms with van der Waals surface area (Å²) in [7, 11) is 0. The van der Waals surface area contributed by atoms with Crippen LogP contribution in [0.25, 0.3) is 0 Å². The highest BCUT2D eigenvalue weighted by Crippen LogP contribution is 2.11. The zero-order chi connectivity index (χ0) is 15.1. The van der Waals surface area contributed by atoms with Crippen LogP contribution in [0.3, 0.4) is 0 Å². The van der Waals surface area contributed by atoms with Crippen LogP contribution in [-0.2, 0) is 10.5 Å². The molecular formula is C16H22N2O2S. The number of rotatable bonds is 6. The predicted octanol–water partition coefficient (Wildman–Crippen LogP) is 2.29. The van der Waals surface area contributed by atoms with Crippen molar-refractivity contribution < 1.29 is 9.59 Å². The third-order valence-electron chi connectivity index (χ3n) is 3.61. The van der Waals surface area contributed by atoms with Crippen LogP contribution in [0.4, 0.5) is 0 Å². The van der Waals surface area contributed by atoms with Gasteiger partial charge in [0.05, 0.1) is 0 Å². The molecule has 1 aliphatic rings. The maximum Gasteiger partial charge on any atom is 0.251 e. The molecule has 2 rings (SSSR count). The molecule has 5 heteroatoms. The Labute approximate surface area is 130 Å². The van der Waals surface area contributed by atoms with Crippen molar-refractivity contribution in [1.29, 1.82) is 0 Å². The molecule has 1 fully saturated rings. The van der Waals surface area contributed by atoms with Crippen molar-refractivity contribution in [2.45, 2.75) is 25.0 Å². The first-order valence-electron chi connectivity index (χ1n) is 7.34. The minimum Gasteiger partial charge on any atom is -0.352 e. The predicted molar refractivity (Wildman–Crippen MR) is 86.4 cm³/mol. The summed E-state index contributed by atoms with van der Waals surface area (Å²) in [5.74, 6) is 0.981. The van der Waals surface area contributed by atoms with Crippen LogP contribution in [0.5, 0.6) is 0 Å². The highest BCUT2D eigenvalue weighted by molar-refractivity contribution is 7.97. The molecule has 4 nitrogen and oxygen atoms in total. The van der Waals surface area contributed by atoms with Crippen molar-refractivity contribution in [3.05, 3.63) is 35.4 Å². The van der Waals surface area contributed by atoms with Crippen LogP contribution < -0.4 is 5.32 Å². The molecule has 0 aromatic heterocycles. The van der Waals surface area contributed by atoms with Gasteiger partial charge in [0.15, 0.2) is 0 Å². The standard InChI is InChI=1S/C16H22N2O2S/c1-21-12-13-4-6-14(7-5-13)16(20)17-9-8-15(19)18-10-2-3-11-18/h4-7H,2-3,8-12H2,1H3,(H,17,20). The minimum absolute atomic E-state index is 0.111. The lowest BCUT2D eigenvalue weighted by molar-refractivity contribution is -0.129. The first-order valence-corrected chi connectivity index (χ1v) is 8.74. The molecule has 114 valence electrons. The molecule has 1 N–H and O–H groups in total. The van der Waals surface area contributed by atoms with Gasteiger partial charge in [0.25, 0.3) is 5.91 Å². The summed E-state index contributed by atoms with van der Waals surface area (Å²) in [5.41, 5.74) is 1.86. The summed E-state index contributed by atoms with van der Waals surface area (Å²) in [6.07, 6.45) is 4.63. The fourth-order valence-corrected chi connectivity index (χ4v) is 2.95. The largest absolute Gasteiger partial charge is 0.352 e. The van der Waals surface area contributed by atoms with Crippen molar-refractivity contribution in [1.82, 2.24) is 10.2 Å². The van der Waals surface area contributed by atoms with E-state index >= 15 is 0 Å². The molecule has 0 atom stereocenters. The molecule has 2 amide bonds. The summed E-state index contributed by atoms with van der Waals surface area (Å²) < 4.78 is 0. The Morgan fingerprint density at radius 3 is 2.48 bits per heavy atom. The van der Waals surface area contributed by atoms with Crippen molar-refractivity contribution in [2.75, 3.05) is 25.9 Å². The van der Waals surface area contributed by atoms with Gasteiger partial charge < -0.3 is 10.2 Å². The van der Waals surface area contributed by atoms with E-state index in [1.807, 2.05) is 29.2 Å². The molecule has 1 aliphatic heterocycles. The van der Waals surface area contributed by atoms with Crippen LogP contribution in [0.15, 0.2) is 24.3 Å². The monoisotopic (exact) mass is 306 g/mol. The second-order valence-electron chi connectivity index (χ2n) is 5.22. The Kier molecular flexibility index (Phi) is 6.11. The van der Waals surface area contributed by atoms with E-state index < -0.39 is 0 Å². The number of carbonyl (C=O) groups excluding carboxylic acids is 2. The molecular weight excluding hydrogens is 284 g/mol. The number of benzene rings is 1. The number of amides is 2. The van der Waals surface area contributed by atoms with Crippen molar-refractivity contribution in [3.63, 3.8) is 0 Å². The summed E-state index contributed by atoms with van der Waals surface area (Å²) in [4.78, 5) is 25.7. The van der Waals surface area contributed by atoms with Crippen LogP contribution in [0, 0.1) is 0 Å². The third-order valence-corrected chi connectivity index (χ3v) is 4.23. The average molecular weight is 306 g/mol. The Morgan fingerprint density at radius 1 is 1.19 bits per heavy atom. The van der Waals surface area contributed by atoms with Gasteiger partial charge in [-0.15, -0.1) is 0 Å². The van der Waals surface area contributed by atoms with Gasteiger partial charge in [-0.05, 0) is 36.8 Å². The number of carbonyl (C=O) groups is 2. The van der Waals surface area contributed by atoms with E-state index in [0.29, 0.717) is 18.5 Å². The lowest BCUT2D eigenvalue weighted by Crippen LogP contribution is -2.32. The zero-order valence-electron chi connectivity index (χ0n) is 12.4. The zero-order valence-corrected chi connectivity index (χ0v) is 13.2. The van der Waals surface area contributed by atoms with E-state index in [1.165, 1.54) is 5.56 Å². The molecule has 0 spiro atoms. The fourth-order valence-electron chi connectivity index (χ4n) is 2.43. The van der Waals surface area contributed by atoms with Gasteiger partial charge in [0.1, 0.15) is 0 Å². The molecule has 1 saturated heterocycles. The van der Waals surface area contributed by atoms with Gasteiger partial charge in [0, 0.05) is 37.4 Å². The van der Waals surface area contributed by atoms with Crippen molar-refractivity contribution in [2.24, 2.45) is 0 Å². The Balaban J connectivity index is 1.74. The average Bonchev–Trinajstić information content (AvgIpc) is 3.02. The summed E-state index contributed by atoms with van der Waals surface area (Å²) >= 11 is 1.76. The normalized spacial score (nSPS) is 14.2. The SMILES string of the molecule is CSCc1ccc(C(=O)NCCC(=O)N2CCCC2)cc1. The molecule has 21 heavy (non-hydrogen) atoms. The number of hydrogen-bond donors (Lipinski definition) is 1. The summed E-state index contributed by atoms with van der Waals surface area (Å²) in [5, 5.41) is 2.81. The van der Waals surface area contributed by atoms with Crippen molar-refractivity contribution in [3.8, 4) is 0 Å². The lowest BCUT2D eigenvalue weighted by Gasteiger charge is -2.15. The number of nitrogens with zero attached hydrogens (tertiary/aromatic N) is 1. The van der Waals surface area contributed by atoms with E-state index in [9.17, 15) is 9.59 Å². The van der Waals surface area contributed by atoms with E-state index in [2.05, 4.69) is 11.6 Å². The van der Waals surface area contributed by atoms with Crippen LogP contribution in [0.1, 0.15) is 35.2 Å². The quantitative estimate of drug-likeness (QED) is 0.877. The Bertz CT molecular complexity index is 482. The molecule has 1 aromatic rings. The highest BCUT2D eigenvalue weighted by Gasteiger charge is 2.17. The van der Waals surface area contributed by atoms with E-state index in [1.54, 1.807) is 11.8 Å². The van der Waals surface area contributed by atoms with Gasteiger partial charge in [-0.2, -0.15) is 11.8 Å². The second kappa shape index (κ2) is 8.08. The van der Waals surface area contributed by atoms with Crippen LogP contribution >= 0.6 is 11.8 Å². The molecule has 0 saturated carbocycles. The third kappa shape index (κ3) is 4.77. The molecule has 0 aliphatic carbocycles. The number of likely N-dealkylation sites (tertiary alicyclic amines) is 1. The maximum absolute atomic E-state index is 12.0. The van der Waals surface area contributed by atoms with E-state index in [0.717, 1.165) is 31.7 Å². The van der Waals surface area contributed by atoms with Gasteiger partial charge in [0.2, 0.25) is 5.91 Å². The molecule has 1 aromatic carbocycles. The highest BCUT2D eigenvalue weighted by atomic mass is 32.2. The van der Waals surface area contributed by atoms with Crippen LogP contribution in [0.2, 0.25) is 0 Å². The number of nitrogens with one attached hydrogen (secondary N) is 1. The maximum atomic E-state index is 12.0. The molecule has 0 bridgehead atoms. The summed E-state index contributed by atoms with van der Waals surface area (Å²) in [6.45, 7) is 2.13. The topological polar surface area (TPSA) is 49.4 Å². The number of thioether (sulfide) groups is 1. The second-order valence-corrected chi connectivity index (χ2v) is 6.09. The first kappa shape index (κ1) is 15.9. The van der Waals surface area contributed by atoms with Gasteiger partial charge in [-0.1, -0.05) is 12.1 Å². The smallest absolute Gasteiger partial charge is 0.251 e. The molecule has 1 heterocycles. The van der Waals surface area contributed by atoms with E-state index in [4.69, 9.17) is 0 Å². The molecule has 0 radical (unpaired) electrons. The van der Waals surface area contributed by atoms with Crippen LogP contribution in [-0.4, -0.2) is 42.6 Å². The summed E-state index contributed by atoms with van der Waals surface area (Å²) in [6, 6.07) is 7.62. The van der Waals surface area contributed by atoms with E-state index in [-0.39, 0.29) is 11.8 Å².